The van der Waals surface area contributed by atoms with Crippen LogP contribution in [0, 0.1) is 0 Å². The lowest BCUT2D eigenvalue weighted by Crippen LogP contribution is -2.45. The second-order valence-electron chi connectivity index (χ2n) is 5.63. The summed E-state index contributed by atoms with van der Waals surface area (Å²) in [5.74, 6) is -1.06. The van der Waals surface area contributed by atoms with Gasteiger partial charge >= 0.3 is 5.97 Å². The Morgan fingerprint density at radius 1 is 1.08 bits per heavy atom. The van der Waals surface area contributed by atoms with Crippen LogP contribution in [0.15, 0.2) is 54.6 Å². The molecule has 0 aliphatic rings. The van der Waals surface area contributed by atoms with Gasteiger partial charge in [-0.05, 0) is 37.3 Å². The van der Waals surface area contributed by atoms with E-state index in [-0.39, 0.29) is 5.56 Å². The summed E-state index contributed by atoms with van der Waals surface area (Å²) in [6.45, 7) is 1.49. The molecule has 0 saturated carbocycles. The minimum atomic E-state index is -3.68. The second kappa shape index (κ2) is 8.01. The first kappa shape index (κ1) is 19.5. The molecule has 0 aliphatic heterocycles. The molecule has 8 heteroatoms. The van der Waals surface area contributed by atoms with Gasteiger partial charge in [0, 0.05) is 5.69 Å². The second-order valence-corrected chi connectivity index (χ2v) is 7.49. The predicted octanol–water partition coefficient (Wildman–Crippen LogP) is 2.27. The number of nitrogens with one attached hydrogen (secondary N) is 1. The minimum absolute atomic E-state index is 0.279. The van der Waals surface area contributed by atoms with Gasteiger partial charge in [0.15, 0.2) is 0 Å². The number of rotatable bonds is 6. The molecular weight excluding hydrogens is 356 g/mol. The molecule has 0 spiro atoms. The summed E-state index contributed by atoms with van der Waals surface area (Å²) in [4.78, 5) is 24.2. The number of carbonyl (C=O) groups is 2. The Labute approximate surface area is 152 Å². The first-order valence-electron chi connectivity index (χ1n) is 7.77. The number of hydrogen-bond acceptors (Lipinski definition) is 5. The van der Waals surface area contributed by atoms with Gasteiger partial charge in [-0.2, -0.15) is 0 Å². The van der Waals surface area contributed by atoms with Crippen molar-refractivity contribution in [1.82, 2.24) is 0 Å². The number of nitrogens with zero attached hydrogens (tertiary/aromatic N) is 1. The zero-order chi connectivity index (χ0) is 19.3. The van der Waals surface area contributed by atoms with Crippen LogP contribution in [0.2, 0.25) is 0 Å². The van der Waals surface area contributed by atoms with Crippen LogP contribution in [0.5, 0.6) is 0 Å². The normalized spacial score (nSPS) is 12.1. The summed E-state index contributed by atoms with van der Waals surface area (Å²) in [6, 6.07) is 13.6. The van der Waals surface area contributed by atoms with Crippen molar-refractivity contribution in [1.29, 1.82) is 0 Å². The van der Waals surface area contributed by atoms with E-state index in [2.05, 4.69) is 10.1 Å². The molecule has 0 fully saturated rings. The number of amides is 1. The first-order valence-corrected chi connectivity index (χ1v) is 9.62. The van der Waals surface area contributed by atoms with Gasteiger partial charge in [-0.25, -0.2) is 13.2 Å². The highest BCUT2D eigenvalue weighted by Crippen LogP contribution is 2.21. The molecule has 2 rings (SSSR count). The van der Waals surface area contributed by atoms with Crippen LogP contribution in [-0.2, 0) is 19.6 Å². The quantitative estimate of drug-likeness (QED) is 0.781. The number of anilines is 2. The predicted molar refractivity (Wildman–Crippen MR) is 99.6 cm³/mol. The van der Waals surface area contributed by atoms with Crippen molar-refractivity contribution < 1.29 is 22.7 Å². The van der Waals surface area contributed by atoms with E-state index in [0.29, 0.717) is 11.4 Å². The van der Waals surface area contributed by atoms with E-state index in [1.54, 1.807) is 48.5 Å². The lowest BCUT2D eigenvalue weighted by Gasteiger charge is -2.28. The van der Waals surface area contributed by atoms with Crippen LogP contribution in [0.25, 0.3) is 0 Å². The van der Waals surface area contributed by atoms with E-state index in [9.17, 15) is 18.0 Å². The third kappa shape index (κ3) is 4.60. The average Bonchev–Trinajstić information content (AvgIpc) is 2.61. The minimum Gasteiger partial charge on any atom is -0.465 e. The number of hydrogen-bond donors (Lipinski definition) is 1. The zero-order valence-corrected chi connectivity index (χ0v) is 15.5. The molecule has 0 saturated heterocycles. The van der Waals surface area contributed by atoms with Crippen molar-refractivity contribution in [3.63, 3.8) is 0 Å². The Hall–Kier alpha value is -2.87. The topological polar surface area (TPSA) is 92.8 Å². The van der Waals surface area contributed by atoms with Gasteiger partial charge in [0.05, 0.1) is 24.6 Å². The third-order valence-electron chi connectivity index (χ3n) is 3.65. The Balaban J connectivity index is 2.26. The molecule has 2 aromatic rings. The Bertz CT molecular complexity index is 897. The Morgan fingerprint density at radius 2 is 1.73 bits per heavy atom. The third-order valence-corrected chi connectivity index (χ3v) is 4.89. The van der Waals surface area contributed by atoms with Crippen LogP contribution < -0.4 is 9.62 Å². The van der Waals surface area contributed by atoms with Gasteiger partial charge in [-0.15, -0.1) is 0 Å². The van der Waals surface area contributed by atoms with Crippen molar-refractivity contribution in [3.8, 4) is 0 Å². The molecule has 0 heterocycles. The largest absolute Gasteiger partial charge is 0.465 e. The number of carbonyl (C=O) groups excluding carboxylic acids is 2. The molecule has 0 radical (unpaired) electrons. The average molecular weight is 376 g/mol. The molecular formula is C18H20N2O5S. The molecule has 0 aromatic heterocycles. The Morgan fingerprint density at radius 3 is 2.31 bits per heavy atom. The molecule has 7 nitrogen and oxygen atoms in total. The standard InChI is InChI=1S/C18H20N2O5S/c1-13(20(26(3,23)24)16-10-5-4-6-11-16)17(21)19-15-9-7-8-14(12-15)18(22)25-2/h4-13H,1-3H3,(H,19,21)/t13-/m0/s1. The fourth-order valence-corrected chi connectivity index (χ4v) is 3.65. The Kier molecular flexibility index (Phi) is 5.99. The summed E-state index contributed by atoms with van der Waals surface area (Å²) in [6.07, 6.45) is 1.04. The molecule has 26 heavy (non-hydrogen) atoms. The number of benzene rings is 2. The van der Waals surface area contributed by atoms with Crippen LogP contribution in [0.4, 0.5) is 11.4 Å². The number of sulfonamides is 1. The molecule has 138 valence electrons. The molecule has 1 N–H and O–H groups in total. The van der Waals surface area contributed by atoms with Crippen LogP contribution in [0.1, 0.15) is 17.3 Å². The molecule has 0 aliphatic carbocycles. The number of ether oxygens (including phenoxy) is 1. The molecule has 0 unspecified atom stereocenters. The molecule has 1 atom stereocenters. The number of methoxy groups -OCH3 is 1. The number of esters is 1. The van der Waals surface area contributed by atoms with Crippen molar-refractivity contribution in [2.24, 2.45) is 0 Å². The van der Waals surface area contributed by atoms with E-state index >= 15 is 0 Å². The van der Waals surface area contributed by atoms with E-state index in [0.717, 1.165) is 10.6 Å². The lowest BCUT2D eigenvalue weighted by molar-refractivity contribution is -0.116. The van der Waals surface area contributed by atoms with Gasteiger partial charge in [-0.1, -0.05) is 24.3 Å². The van der Waals surface area contributed by atoms with Crippen LogP contribution in [-0.4, -0.2) is 39.7 Å². The monoisotopic (exact) mass is 376 g/mol. The van der Waals surface area contributed by atoms with Crippen LogP contribution >= 0.6 is 0 Å². The summed E-state index contributed by atoms with van der Waals surface area (Å²) >= 11 is 0. The van der Waals surface area contributed by atoms with Gasteiger partial charge < -0.3 is 10.1 Å². The highest BCUT2D eigenvalue weighted by molar-refractivity contribution is 7.92. The van der Waals surface area contributed by atoms with E-state index in [1.165, 1.54) is 20.1 Å². The maximum atomic E-state index is 12.6. The van der Waals surface area contributed by atoms with Crippen molar-refractivity contribution in [2.75, 3.05) is 23.0 Å². The van der Waals surface area contributed by atoms with E-state index in [1.807, 2.05) is 0 Å². The molecule has 2 aromatic carbocycles. The highest BCUT2D eigenvalue weighted by atomic mass is 32.2. The van der Waals surface area contributed by atoms with Crippen molar-refractivity contribution >= 4 is 33.3 Å². The fraction of sp³-hybridized carbons (Fsp3) is 0.222. The summed E-state index contributed by atoms with van der Waals surface area (Å²) in [5, 5.41) is 2.63. The van der Waals surface area contributed by atoms with Crippen molar-refractivity contribution in [2.45, 2.75) is 13.0 Å². The van der Waals surface area contributed by atoms with Crippen LogP contribution in [0.3, 0.4) is 0 Å². The zero-order valence-electron chi connectivity index (χ0n) is 14.7. The smallest absolute Gasteiger partial charge is 0.337 e. The highest BCUT2D eigenvalue weighted by Gasteiger charge is 2.29. The maximum absolute atomic E-state index is 12.6. The summed E-state index contributed by atoms with van der Waals surface area (Å²) in [7, 11) is -2.42. The van der Waals surface area contributed by atoms with E-state index < -0.39 is 27.9 Å². The van der Waals surface area contributed by atoms with Gasteiger partial charge in [-0.3, -0.25) is 9.10 Å². The first-order chi connectivity index (χ1) is 12.2. The lowest BCUT2D eigenvalue weighted by atomic mass is 10.2. The SMILES string of the molecule is COC(=O)c1cccc(NC(=O)[C@H](C)N(c2ccccc2)S(C)(=O)=O)c1. The van der Waals surface area contributed by atoms with E-state index in [4.69, 9.17) is 0 Å². The van der Waals surface area contributed by atoms with Gasteiger partial charge in [0.25, 0.3) is 0 Å². The van der Waals surface area contributed by atoms with Crippen molar-refractivity contribution in [3.05, 3.63) is 60.2 Å². The van der Waals surface area contributed by atoms with Gasteiger partial charge in [0.1, 0.15) is 6.04 Å². The molecule has 1 amide bonds. The van der Waals surface area contributed by atoms with Gasteiger partial charge in [0.2, 0.25) is 15.9 Å². The summed E-state index contributed by atoms with van der Waals surface area (Å²) in [5.41, 5.74) is 1.04. The summed E-state index contributed by atoms with van der Waals surface area (Å²) < 4.78 is 30.1. The number of para-hydroxylation sites is 1. The fourth-order valence-electron chi connectivity index (χ4n) is 2.47. The maximum Gasteiger partial charge on any atom is 0.337 e. The molecule has 0 bridgehead atoms.